The van der Waals surface area contributed by atoms with E-state index < -0.39 is 5.60 Å². The van der Waals surface area contributed by atoms with Crippen LogP contribution in [0.1, 0.15) is 45.7 Å². The molecule has 0 amide bonds. The van der Waals surface area contributed by atoms with Gasteiger partial charge in [0.25, 0.3) is 0 Å². The van der Waals surface area contributed by atoms with Crippen molar-refractivity contribution in [3.8, 4) is 72.9 Å². The highest BCUT2D eigenvalue weighted by molar-refractivity contribution is 6.04. The number of ether oxygens (including phenoxy) is 2. The Hall–Kier alpha value is -5.08. The zero-order chi connectivity index (χ0) is 30.9. The van der Waals surface area contributed by atoms with E-state index in [0.717, 1.165) is 33.9 Å². The summed E-state index contributed by atoms with van der Waals surface area (Å²) in [5.41, 5.74) is 13.7. The predicted molar refractivity (Wildman–Crippen MR) is 186 cm³/mol. The molecule has 0 saturated carbocycles. The second-order valence-electron chi connectivity index (χ2n) is 13.7. The Morgan fingerprint density at radius 3 is 1.44 bits per heavy atom. The maximum Gasteiger partial charge on any atom is 0.177 e. The number of benzene rings is 6. The molecule has 0 aromatic heterocycles. The van der Waals surface area contributed by atoms with E-state index >= 15 is 0 Å². The number of fused-ring (bicyclic) bond motifs is 10. The molecule has 0 fully saturated rings. The molecule has 1 aliphatic heterocycles. The summed E-state index contributed by atoms with van der Waals surface area (Å²) in [5, 5.41) is 0. The molecular weight excluding hydrogens is 548 g/mol. The summed E-state index contributed by atoms with van der Waals surface area (Å²) in [4.78, 5) is 0. The molecule has 6 aromatic rings. The molecule has 0 N–H and O–H groups in total. The first-order valence-electron chi connectivity index (χ1n) is 15.8. The first-order chi connectivity index (χ1) is 21.7. The molecule has 0 bridgehead atoms. The van der Waals surface area contributed by atoms with Crippen LogP contribution in [0, 0.1) is 0 Å². The number of hydrogen-bond donors (Lipinski definition) is 0. The lowest BCUT2D eigenvalue weighted by Crippen LogP contribution is -2.24. The normalized spacial score (nSPS) is 14.0. The maximum atomic E-state index is 6.83. The third-order valence-corrected chi connectivity index (χ3v) is 9.29. The third-order valence-electron chi connectivity index (χ3n) is 9.29. The highest BCUT2D eigenvalue weighted by Gasteiger charge is 2.34. The highest BCUT2D eigenvalue weighted by Crippen LogP contribution is 2.54. The molecule has 6 aromatic carbocycles. The van der Waals surface area contributed by atoms with E-state index in [4.69, 9.17) is 9.47 Å². The smallest absolute Gasteiger partial charge is 0.177 e. The summed E-state index contributed by atoms with van der Waals surface area (Å²) in [6.45, 7) is 11.1. The van der Waals surface area contributed by atoms with Crippen LogP contribution in [0.5, 0.6) is 17.2 Å². The zero-order valence-corrected chi connectivity index (χ0v) is 26.4. The minimum atomic E-state index is -0.546. The van der Waals surface area contributed by atoms with Crippen molar-refractivity contribution >= 4 is 0 Å². The SMILES string of the molecule is CC(C)(C)c1cc2c(cc1-c1cccc3c1Oc1ccccc1C(C)(C)O3)-c1ccccc1-c1ccccc1-c1ccccc1-2. The topological polar surface area (TPSA) is 18.5 Å². The van der Waals surface area contributed by atoms with Gasteiger partial charge in [0.15, 0.2) is 11.5 Å². The van der Waals surface area contributed by atoms with Crippen molar-refractivity contribution in [2.45, 2.75) is 45.6 Å². The van der Waals surface area contributed by atoms with Crippen molar-refractivity contribution < 1.29 is 9.47 Å². The van der Waals surface area contributed by atoms with Crippen LogP contribution in [0.25, 0.3) is 55.6 Å². The minimum absolute atomic E-state index is 0.148. The molecule has 1 aliphatic carbocycles. The van der Waals surface area contributed by atoms with E-state index in [2.05, 4.69) is 138 Å². The van der Waals surface area contributed by atoms with Crippen LogP contribution in [0.4, 0.5) is 0 Å². The minimum Gasteiger partial charge on any atom is -0.479 e. The van der Waals surface area contributed by atoms with Crippen molar-refractivity contribution in [1.29, 1.82) is 0 Å². The fraction of sp³-hybridized carbons (Fsp3) is 0.163. The summed E-state index contributed by atoms with van der Waals surface area (Å²) < 4.78 is 13.6. The van der Waals surface area contributed by atoms with Crippen molar-refractivity contribution in [2.24, 2.45) is 0 Å². The second kappa shape index (κ2) is 9.97. The molecule has 45 heavy (non-hydrogen) atoms. The van der Waals surface area contributed by atoms with Crippen LogP contribution in [-0.2, 0) is 11.0 Å². The lowest BCUT2D eigenvalue weighted by atomic mass is 9.75. The van der Waals surface area contributed by atoms with Crippen molar-refractivity contribution in [2.75, 3.05) is 0 Å². The summed E-state index contributed by atoms with van der Waals surface area (Å²) in [7, 11) is 0. The van der Waals surface area contributed by atoms with Crippen LogP contribution in [0.2, 0.25) is 0 Å². The molecule has 1 heterocycles. The van der Waals surface area contributed by atoms with Gasteiger partial charge in [-0.05, 0) is 99.2 Å². The average Bonchev–Trinajstić information content (AvgIpc) is 3.16. The molecule has 0 unspecified atom stereocenters. The quantitative estimate of drug-likeness (QED) is 0.191. The summed E-state index contributed by atoms with van der Waals surface area (Å²) >= 11 is 0. The number of para-hydroxylation sites is 2. The average molecular weight is 585 g/mol. The Bertz CT molecular complexity index is 2130. The molecule has 2 heteroatoms. The molecule has 0 atom stereocenters. The molecule has 2 aliphatic rings. The Labute approximate surface area is 265 Å². The van der Waals surface area contributed by atoms with Crippen LogP contribution >= 0.6 is 0 Å². The standard InChI is InChI=1S/C43H36O2/c1-42(2,3)38-26-35-32-20-11-9-18-30(32)28-16-7-6-15-27(28)29-17-8-10-19-31(29)34(35)25-36(38)33-21-14-24-40-41(33)44-39-23-13-12-22-37(39)43(4,5)45-40/h6-26H,1-5H3. The number of hydrogen-bond acceptors (Lipinski definition) is 2. The zero-order valence-electron chi connectivity index (χ0n) is 26.4. The predicted octanol–water partition coefficient (Wildman–Crippen LogP) is 12.1. The van der Waals surface area contributed by atoms with Crippen molar-refractivity contribution in [1.82, 2.24) is 0 Å². The largest absolute Gasteiger partial charge is 0.479 e. The van der Waals surface area contributed by atoms with Gasteiger partial charge < -0.3 is 9.47 Å². The van der Waals surface area contributed by atoms with Gasteiger partial charge in [0, 0.05) is 11.1 Å². The fourth-order valence-corrected chi connectivity index (χ4v) is 7.15. The summed E-state index contributed by atoms with van der Waals surface area (Å²) in [5.74, 6) is 2.33. The van der Waals surface area contributed by atoms with Crippen molar-refractivity contribution in [3.63, 3.8) is 0 Å². The van der Waals surface area contributed by atoms with Gasteiger partial charge in [0.2, 0.25) is 0 Å². The number of rotatable bonds is 1. The fourth-order valence-electron chi connectivity index (χ4n) is 7.15. The molecule has 0 radical (unpaired) electrons. The van der Waals surface area contributed by atoms with Gasteiger partial charge >= 0.3 is 0 Å². The van der Waals surface area contributed by atoms with Gasteiger partial charge in [-0.2, -0.15) is 0 Å². The first kappa shape index (κ1) is 27.5. The van der Waals surface area contributed by atoms with E-state index in [1.165, 1.54) is 50.1 Å². The van der Waals surface area contributed by atoms with Gasteiger partial charge in [-0.15, -0.1) is 0 Å². The van der Waals surface area contributed by atoms with Gasteiger partial charge in [-0.25, -0.2) is 0 Å². The van der Waals surface area contributed by atoms with E-state index in [-0.39, 0.29) is 5.41 Å². The van der Waals surface area contributed by atoms with E-state index in [9.17, 15) is 0 Å². The Morgan fingerprint density at radius 2 is 0.889 bits per heavy atom. The molecular formula is C43H36O2. The summed E-state index contributed by atoms with van der Waals surface area (Å²) in [6.07, 6.45) is 0. The van der Waals surface area contributed by atoms with E-state index in [0.29, 0.717) is 0 Å². The monoisotopic (exact) mass is 584 g/mol. The molecule has 2 nitrogen and oxygen atoms in total. The third kappa shape index (κ3) is 4.39. The van der Waals surface area contributed by atoms with Crippen LogP contribution < -0.4 is 9.47 Å². The van der Waals surface area contributed by atoms with Crippen LogP contribution in [0.3, 0.4) is 0 Å². The van der Waals surface area contributed by atoms with Gasteiger partial charge in [0.05, 0.1) is 0 Å². The van der Waals surface area contributed by atoms with Gasteiger partial charge in [0.1, 0.15) is 11.4 Å². The van der Waals surface area contributed by atoms with Crippen LogP contribution in [0.15, 0.2) is 127 Å². The molecule has 220 valence electrons. The summed E-state index contributed by atoms with van der Waals surface area (Å²) in [6, 6.07) is 45.8. The lowest BCUT2D eigenvalue weighted by molar-refractivity contribution is 0.111. The maximum absolute atomic E-state index is 6.83. The Kier molecular flexibility index (Phi) is 6.09. The van der Waals surface area contributed by atoms with E-state index in [1.807, 2.05) is 24.3 Å². The van der Waals surface area contributed by atoms with E-state index in [1.54, 1.807) is 0 Å². The highest BCUT2D eigenvalue weighted by atomic mass is 16.5. The lowest BCUT2D eigenvalue weighted by Gasteiger charge is -2.29. The van der Waals surface area contributed by atoms with Gasteiger partial charge in [-0.3, -0.25) is 0 Å². The first-order valence-corrected chi connectivity index (χ1v) is 15.8. The molecule has 0 spiro atoms. The van der Waals surface area contributed by atoms with Gasteiger partial charge in [-0.1, -0.05) is 124 Å². The van der Waals surface area contributed by atoms with Crippen molar-refractivity contribution in [3.05, 3.63) is 139 Å². The Morgan fingerprint density at radius 1 is 0.444 bits per heavy atom. The second-order valence-corrected chi connectivity index (χ2v) is 13.7. The Balaban J connectivity index is 1.46. The molecule has 8 rings (SSSR count). The molecule has 0 saturated heterocycles. The van der Waals surface area contributed by atoms with Crippen LogP contribution in [-0.4, -0.2) is 0 Å².